The molecule has 3 saturated heterocycles. The third kappa shape index (κ3) is 0.446. The molecule has 3 heterocycles. The lowest BCUT2D eigenvalue weighted by molar-refractivity contribution is -0.103. The lowest BCUT2D eigenvalue weighted by Crippen LogP contribution is -2.60. The van der Waals surface area contributed by atoms with Crippen LogP contribution in [-0.2, 0) is 4.74 Å². The summed E-state index contributed by atoms with van der Waals surface area (Å²) in [6.07, 6.45) is 1.31. The molecule has 2 atom stereocenters. The molecule has 0 aromatic carbocycles. The van der Waals surface area contributed by atoms with Crippen LogP contribution < -0.4 is 0 Å². The molecule has 0 saturated carbocycles. The highest BCUT2D eigenvalue weighted by Crippen LogP contribution is 2.28. The van der Waals surface area contributed by atoms with Crippen molar-refractivity contribution in [2.24, 2.45) is 0 Å². The van der Waals surface area contributed by atoms with Crippen LogP contribution >= 0.6 is 0 Å². The van der Waals surface area contributed by atoms with Crippen LogP contribution in [0.1, 0.15) is 6.42 Å². The molecule has 2 unspecified atom stereocenters. The van der Waals surface area contributed by atoms with Gasteiger partial charge in [-0.25, -0.2) is 0 Å². The zero-order valence-electron chi connectivity index (χ0n) is 4.84. The van der Waals surface area contributed by atoms with E-state index in [2.05, 4.69) is 11.9 Å². The van der Waals surface area contributed by atoms with E-state index in [1.807, 2.05) is 0 Å². The van der Waals surface area contributed by atoms with Gasteiger partial charge in [-0.2, -0.15) is 0 Å². The van der Waals surface area contributed by atoms with Crippen LogP contribution in [0, 0.1) is 7.05 Å². The van der Waals surface area contributed by atoms with Gasteiger partial charge in [0.2, 0.25) is 0 Å². The second-order valence-corrected chi connectivity index (χ2v) is 2.60. The number of hydrogen-bond acceptors (Lipinski definition) is 2. The quantitative estimate of drug-likeness (QED) is 0.416. The Morgan fingerprint density at radius 1 is 1.38 bits per heavy atom. The van der Waals surface area contributed by atoms with Crippen molar-refractivity contribution in [1.82, 2.24) is 4.90 Å². The molecular weight excluding hydrogens is 102 g/mol. The molecule has 3 aliphatic rings. The topological polar surface area (TPSA) is 12.5 Å². The van der Waals surface area contributed by atoms with Crippen molar-refractivity contribution in [2.75, 3.05) is 13.2 Å². The van der Waals surface area contributed by atoms with Crippen LogP contribution in [0.3, 0.4) is 0 Å². The summed E-state index contributed by atoms with van der Waals surface area (Å²) in [6, 6.07) is 1.29. The Balaban J connectivity index is 2.03. The van der Waals surface area contributed by atoms with Crippen LogP contribution in [0.5, 0.6) is 0 Å². The van der Waals surface area contributed by atoms with Crippen LogP contribution in [0.25, 0.3) is 0 Å². The van der Waals surface area contributed by atoms with Gasteiger partial charge >= 0.3 is 0 Å². The van der Waals surface area contributed by atoms with Crippen LogP contribution in [0.15, 0.2) is 0 Å². The number of ether oxygens (including phenoxy) is 1. The Bertz CT molecular complexity index is 90.7. The summed E-state index contributed by atoms with van der Waals surface area (Å²) in [7, 11) is 3.88. The summed E-state index contributed by atoms with van der Waals surface area (Å²) in [6.45, 7) is 1.81. The first kappa shape index (κ1) is 4.77. The zero-order valence-corrected chi connectivity index (χ0v) is 4.84. The first-order valence-electron chi connectivity index (χ1n) is 3.04. The highest BCUT2D eigenvalue weighted by Gasteiger charge is 2.34. The van der Waals surface area contributed by atoms with Gasteiger partial charge in [0, 0.05) is 12.1 Å². The van der Waals surface area contributed by atoms with E-state index in [1.54, 1.807) is 0 Å². The number of rotatable bonds is 0. The summed E-state index contributed by atoms with van der Waals surface area (Å²) < 4.78 is 5.22. The van der Waals surface area contributed by atoms with E-state index in [-0.39, 0.29) is 0 Å². The SMILES string of the molecule is [CH2-]N1C2COCC1C2. The summed E-state index contributed by atoms with van der Waals surface area (Å²) in [4.78, 5) is 2.16. The Morgan fingerprint density at radius 3 is 2.25 bits per heavy atom. The third-order valence-corrected chi connectivity index (χ3v) is 2.10. The van der Waals surface area contributed by atoms with Crippen molar-refractivity contribution in [3.63, 3.8) is 0 Å². The predicted octanol–water partition coefficient (Wildman–Crippen LogP) is 0.251. The molecule has 3 rings (SSSR count). The number of nitrogens with zero attached hydrogens (tertiary/aromatic N) is 1. The van der Waals surface area contributed by atoms with E-state index in [1.165, 1.54) is 6.42 Å². The van der Waals surface area contributed by atoms with Gasteiger partial charge in [-0.1, -0.05) is 0 Å². The van der Waals surface area contributed by atoms with E-state index >= 15 is 0 Å². The van der Waals surface area contributed by atoms with Crippen molar-refractivity contribution in [3.8, 4) is 0 Å². The first-order chi connectivity index (χ1) is 3.88. The summed E-state index contributed by atoms with van der Waals surface area (Å²) >= 11 is 0. The second kappa shape index (κ2) is 1.45. The highest BCUT2D eigenvalue weighted by molar-refractivity contribution is 4.95. The fourth-order valence-corrected chi connectivity index (χ4v) is 1.41. The molecule has 0 N–H and O–H groups in total. The molecule has 0 aromatic rings. The molecule has 0 spiro atoms. The molecule has 2 bridgehead atoms. The van der Waals surface area contributed by atoms with Gasteiger partial charge in [-0.3, -0.25) is 7.05 Å². The molecule has 2 heteroatoms. The summed E-state index contributed by atoms with van der Waals surface area (Å²) in [5.41, 5.74) is 0. The Morgan fingerprint density at radius 2 is 2.00 bits per heavy atom. The van der Waals surface area contributed by atoms with Gasteiger partial charge in [0.15, 0.2) is 0 Å². The molecule has 0 aliphatic carbocycles. The van der Waals surface area contributed by atoms with Crippen LogP contribution in [0.2, 0.25) is 0 Å². The standard InChI is InChI=1S/C6H10NO/c1-7-5-2-6(7)4-8-3-5/h5-6H,1-4H2/q-1. The van der Waals surface area contributed by atoms with E-state index < -0.39 is 0 Å². The molecule has 2 nitrogen and oxygen atoms in total. The van der Waals surface area contributed by atoms with Crippen molar-refractivity contribution >= 4 is 0 Å². The lowest BCUT2D eigenvalue weighted by Gasteiger charge is -2.56. The fraction of sp³-hybridized carbons (Fsp3) is 0.833. The first-order valence-corrected chi connectivity index (χ1v) is 3.04. The van der Waals surface area contributed by atoms with Gasteiger partial charge in [0.1, 0.15) is 0 Å². The van der Waals surface area contributed by atoms with E-state index in [0.717, 1.165) is 13.2 Å². The minimum atomic E-state index is 0.647. The van der Waals surface area contributed by atoms with E-state index in [4.69, 9.17) is 4.74 Å². The van der Waals surface area contributed by atoms with Gasteiger partial charge in [-0.15, -0.1) is 0 Å². The smallest absolute Gasteiger partial charge is 0.0599 e. The Kier molecular flexibility index (Phi) is 0.866. The molecule has 0 amide bonds. The summed E-state index contributed by atoms with van der Waals surface area (Å²) in [5.74, 6) is 0. The van der Waals surface area contributed by atoms with Gasteiger partial charge in [-0.05, 0) is 6.42 Å². The average Bonchev–Trinajstić information content (AvgIpc) is 1.89. The van der Waals surface area contributed by atoms with Crippen LogP contribution in [-0.4, -0.2) is 30.2 Å². The average molecular weight is 112 g/mol. The van der Waals surface area contributed by atoms with Crippen molar-refractivity contribution in [2.45, 2.75) is 18.5 Å². The van der Waals surface area contributed by atoms with E-state index in [9.17, 15) is 0 Å². The Hall–Kier alpha value is -0.0800. The van der Waals surface area contributed by atoms with Crippen molar-refractivity contribution in [3.05, 3.63) is 7.05 Å². The maximum atomic E-state index is 5.22. The highest BCUT2D eigenvalue weighted by atomic mass is 16.5. The molecule has 8 heavy (non-hydrogen) atoms. The lowest BCUT2D eigenvalue weighted by atomic mass is 9.93. The maximum Gasteiger partial charge on any atom is 0.0599 e. The molecule has 46 valence electrons. The van der Waals surface area contributed by atoms with Gasteiger partial charge in [0.05, 0.1) is 13.2 Å². The maximum absolute atomic E-state index is 5.22. The third-order valence-electron chi connectivity index (χ3n) is 2.10. The number of hydrogen-bond donors (Lipinski definition) is 0. The molecule has 3 aliphatic heterocycles. The van der Waals surface area contributed by atoms with E-state index in [0.29, 0.717) is 12.1 Å². The molecule has 0 radical (unpaired) electrons. The van der Waals surface area contributed by atoms with Crippen molar-refractivity contribution < 1.29 is 4.74 Å². The van der Waals surface area contributed by atoms with Crippen molar-refractivity contribution in [1.29, 1.82) is 0 Å². The summed E-state index contributed by atoms with van der Waals surface area (Å²) in [5, 5.41) is 0. The van der Waals surface area contributed by atoms with Crippen LogP contribution in [0.4, 0.5) is 0 Å². The second-order valence-electron chi connectivity index (χ2n) is 2.60. The normalized spacial score (nSPS) is 46.1. The molecule has 0 aromatic heterocycles. The molecular formula is C6H10NO-. The Labute approximate surface area is 49.4 Å². The number of morpholine rings is 1. The van der Waals surface area contributed by atoms with Gasteiger partial charge < -0.3 is 9.64 Å². The van der Waals surface area contributed by atoms with Gasteiger partial charge in [0.25, 0.3) is 0 Å². The largest absolute Gasteiger partial charge is 0.450 e. The number of fused-ring (bicyclic) bond motifs is 2. The zero-order chi connectivity index (χ0) is 5.56. The predicted molar refractivity (Wildman–Crippen MR) is 30.2 cm³/mol. The monoisotopic (exact) mass is 112 g/mol. The fourth-order valence-electron chi connectivity index (χ4n) is 1.41. The minimum Gasteiger partial charge on any atom is -0.450 e. The minimum absolute atomic E-state index is 0.647. The molecule has 3 fully saturated rings.